The molecule has 0 aromatic heterocycles. The second kappa shape index (κ2) is 7.67. The molecule has 1 amide bonds. The van der Waals surface area contributed by atoms with Crippen LogP contribution in [0.3, 0.4) is 0 Å². The quantitative estimate of drug-likeness (QED) is 0.778. The highest BCUT2D eigenvalue weighted by molar-refractivity contribution is 7.91. The molecule has 1 saturated heterocycles. The third-order valence-electron chi connectivity index (χ3n) is 3.88. The monoisotopic (exact) mass is 350 g/mol. The van der Waals surface area contributed by atoms with Gasteiger partial charge in [-0.2, -0.15) is 5.26 Å². The van der Waals surface area contributed by atoms with E-state index in [1.165, 1.54) is 0 Å². The normalized spacial score (nSPS) is 19.0. The molecule has 24 heavy (non-hydrogen) atoms. The van der Waals surface area contributed by atoms with Crippen LogP contribution in [0.2, 0.25) is 0 Å². The lowest BCUT2D eigenvalue weighted by Gasteiger charge is -2.29. The molecule has 0 aliphatic carbocycles. The summed E-state index contributed by atoms with van der Waals surface area (Å²) in [7, 11) is -3.05. The highest BCUT2D eigenvalue weighted by atomic mass is 32.2. The Labute approximate surface area is 142 Å². The fourth-order valence-electron chi connectivity index (χ4n) is 2.72. The molecule has 0 radical (unpaired) electrons. The minimum atomic E-state index is -3.05. The van der Waals surface area contributed by atoms with Gasteiger partial charge < -0.3 is 9.64 Å². The second-order valence-electron chi connectivity index (χ2n) is 6.42. The van der Waals surface area contributed by atoms with Crippen LogP contribution in [-0.4, -0.2) is 49.9 Å². The van der Waals surface area contributed by atoms with Crippen LogP contribution in [0.25, 0.3) is 0 Å². The smallest absolute Gasteiger partial charge is 0.260 e. The van der Waals surface area contributed by atoms with Crippen molar-refractivity contribution in [3.05, 3.63) is 29.8 Å². The van der Waals surface area contributed by atoms with Crippen LogP contribution in [0.5, 0.6) is 5.75 Å². The number of carbonyl (C=O) groups is 1. The van der Waals surface area contributed by atoms with Crippen molar-refractivity contribution in [3.63, 3.8) is 0 Å². The van der Waals surface area contributed by atoms with Gasteiger partial charge in [0, 0.05) is 12.6 Å². The van der Waals surface area contributed by atoms with Crippen molar-refractivity contribution in [1.82, 2.24) is 4.90 Å². The van der Waals surface area contributed by atoms with E-state index in [9.17, 15) is 13.2 Å². The molecule has 2 rings (SSSR count). The van der Waals surface area contributed by atoms with Crippen LogP contribution in [0.4, 0.5) is 0 Å². The summed E-state index contributed by atoms with van der Waals surface area (Å²) in [6.45, 7) is 4.35. The van der Waals surface area contributed by atoms with Crippen molar-refractivity contribution < 1.29 is 17.9 Å². The summed E-state index contributed by atoms with van der Waals surface area (Å²) in [5.74, 6) is 0.700. The molecule has 1 aromatic rings. The van der Waals surface area contributed by atoms with Gasteiger partial charge in [-0.15, -0.1) is 0 Å². The molecule has 130 valence electrons. The Kier molecular flexibility index (Phi) is 5.84. The van der Waals surface area contributed by atoms with Crippen molar-refractivity contribution in [2.45, 2.75) is 26.3 Å². The minimum absolute atomic E-state index is 0.0301. The predicted molar refractivity (Wildman–Crippen MR) is 90.3 cm³/mol. The first-order chi connectivity index (χ1) is 11.3. The molecule has 1 fully saturated rings. The molecule has 7 heteroatoms. The van der Waals surface area contributed by atoms with Gasteiger partial charge in [-0.05, 0) is 36.6 Å². The van der Waals surface area contributed by atoms with Crippen LogP contribution >= 0.6 is 0 Å². The van der Waals surface area contributed by atoms with E-state index in [1.807, 2.05) is 19.9 Å². The minimum Gasteiger partial charge on any atom is -0.484 e. The van der Waals surface area contributed by atoms with E-state index in [1.54, 1.807) is 29.2 Å². The average Bonchev–Trinajstić information content (AvgIpc) is 2.90. The van der Waals surface area contributed by atoms with Gasteiger partial charge in [-0.1, -0.05) is 13.8 Å². The second-order valence-corrected chi connectivity index (χ2v) is 8.65. The van der Waals surface area contributed by atoms with E-state index in [2.05, 4.69) is 0 Å². The number of hydrogen-bond donors (Lipinski definition) is 0. The molecular formula is C17H22N2O4S. The van der Waals surface area contributed by atoms with Crippen LogP contribution in [0, 0.1) is 17.2 Å². The Bertz CT molecular complexity index is 720. The van der Waals surface area contributed by atoms with E-state index >= 15 is 0 Å². The van der Waals surface area contributed by atoms with Crippen molar-refractivity contribution in [2.24, 2.45) is 5.92 Å². The first-order valence-electron chi connectivity index (χ1n) is 7.93. The Balaban J connectivity index is 2.00. The van der Waals surface area contributed by atoms with Gasteiger partial charge in [-0.3, -0.25) is 4.79 Å². The molecule has 1 aromatic carbocycles. The summed E-state index contributed by atoms with van der Waals surface area (Å²) in [4.78, 5) is 14.2. The molecule has 0 spiro atoms. The number of rotatable bonds is 6. The maximum Gasteiger partial charge on any atom is 0.260 e. The average molecular weight is 350 g/mol. The number of nitriles is 1. The molecule has 1 heterocycles. The Morgan fingerprint density at radius 3 is 2.54 bits per heavy atom. The Morgan fingerprint density at radius 1 is 1.38 bits per heavy atom. The summed E-state index contributed by atoms with van der Waals surface area (Å²) >= 11 is 0. The number of sulfone groups is 1. The highest BCUT2D eigenvalue weighted by Crippen LogP contribution is 2.20. The summed E-state index contributed by atoms with van der Waals surface area (Å²) in [5, 5.41) is 8.77. The van der Waals surface area contributed by atoms with Gasteiger partial charge in [0.15, 0.2) is 16.4 Å². The topological polar surface area (TPSA) is 87.5 Å². The van der Waals surface area contributed by atoms with Crippen molar-refractivity contribution >= 4 is 15.7 Å². The molecule has 1 atom stereocenters. The lowest BCUT2D eigenvalue weighted by Crippen LogP contribution is -2.45. The Hall–Kier alpha value is -2.07. The summed E-state index contributed by atoms with van der Waals surface area (Å²) in [6, 6.07) is 8.26. The zero-order valence-corrected chi connectivity index (χ0v) is 14.8. The van der Waals surface area contributed by atoms with Crippen molar-refractivity contribution in [2.75, 3.05) is 24.7 Å². The molecule has 6 nitrogen and oxygen atoms in total. The summed E-state index contributed by atoms with van der Waals surface area (Å²) in [6.07, 6.45) is 0.484. The zero-order valence-electron chi connectivity index (χ0n) is 13.9. The number of benzene rings is 1. The van der Waals surface area contributed by atoms with Crippen LogP contribution in [0.1, 0.15) is 25.8 Å². The number of ether oxygens (including phenoxy) is 1. The number of carbonyl (C=O) groups excluding carboxylic acids is 1. The third-order valence-corrected chi connectivity index (χ3v) is 5.63. The number of nitrogens with zero attached hydrogens (tertiary/aromatic N) is 2. The first-order valence-corrected chi connectivity index (χ1v) is 9.75. The Morgan fingerprint density at radius 2 is 2.04 bits per heavy atom. The SMILES string of the molecule is CC(C)CN(C(=O)COc1ccc(C#N)cc1)C1CCS(=O)(=O)C1. The maximum absolute atomic E-state index is 12.5. The van der Waals surface area contributed by atoms with Gasteiger partial charge in [0.1, 0.15) is 5.75 Å². The molecule has 0 bridgehead atoms. The largest absolute Gasteiger partial charge is 0.484 e. The summed E-state index contributed by atoms with van der Waals surface area (Å²) < 4.78 is 28.9. The predicted octanol–water partition coefficient (Wildman–Crippen LogP) is 1.61. The molecular weight excluding hydrogens is 328 g/mol. The molecule has 1 aliphatic heterocycles. The highest BCUT2D eigenvalue weighted by Gasteiger charge is 2.34. The van der Waals surface area contributed by atoms with E-state index in [4.69, 9.17) is 10.00 Å². The van der Waals surface area contributed by atoms with Crippen molar-refractivity contribution in [1.29, 1.82) is 5.26 Å². The number of hydrogen-bond acceptors (Lipinski definition) is 5. The van der Waals surface area contributed by atoms with Gasteiger partial charge in [-0.25, -0.2) is 8.42 Å². The lowest BCUT2D eigenvalue weighted by molar-refractivity contribution is -0.135. The van der Waals surface area contributed by atoms with E-state index < -0.39 is 9.84 Å². The lowest BCUT2D eigenvalue weighted by atomic mass is 10.1. The fourth-order valence-corrected chi connectivity index (χ4v) is 4.45. The molecule has 0 saturated carbocycles. The van der Waals surface area contributed by atoms with Crippen molar-refractivity contribution in [3.8, 4) is 11.8 Å². The zero-order chi connectivity index (χ0) is 17.7. The standard InChI is InChI=1S/C17H22N2O4S/c1-13(2)10-19(15-7-8-24(21,22)12-15)17(20)11-23-16-5-3-14(9-18)4-6-16/h3-6,13,15H,7-8,10-12H2,1-2H3. The van der Waals surface area contributed by atoms with Crippen LogP contribution in [-0.2, 0) is 14.6 Å². The van der Waals surface area contributed by atoms with Gasteiger partial charge in [0.05, 0.1) is 23.1 Å². The first kappa shape index (κ1) is 18.3. The molecule has 0 N–H and O–H groups in total. The van der Waals surface area contributed by atoms with Gasteiger partial charge in [0.25, 0.3) is 5.91 Å². The number of amides is 1. The van der Waals surface area contributed by atoms with E-state index in [0.717, 1.165) is 0 Å². The van der Waals surface area contributed by atoms with Gasteiger partial charge in [0.2, 0.25) is 0 Å². The fraction of sp³-hybridized carbons (Fsp3) is 0.529. The van der Waals surface area contributed by atoms with Gasteiger partial charge >= 0.3 is 0 Å². The third kappa shape index (κ3) is 4.96. The van der Waals surface area contributed by atoms with Crippen LogP contribution < -0.4 is 4.74 Å². The van der Waals surface area contributed by atoms with E-state index in [0.29, 0.717) is 24.3 Å². The molecule has 1 unspecified atom stereocenters. The van der Waals surface area contributed by atoms with E-state index in [-0.39, 0.29) is 36.0 Å². The summed E-state index contributed by atoms with van der Waals surface area (Å²) in [5.41, 5.74) is 0.520. The van der Waals surface area contributed by atoms with Crippen LogP contribution in [0.15, 0.2) is 24.3 Å². The molecule has 1 aliphatic rings. The maximum atomic E-state index is 12.5.